The highest BCUT2D eigenvalue weighted by molar-refractivity contribution is 7.22. The number of rotatable bonds is 4. The number of hydrogen-bond acceptors (Lipinski definition) is 11. The molecule has 3 aromatic heterocycles. The molecule has 4 heterocycles. The van der Waals surface area contributed by atoms with Crippen LogP contribution in [0.2, 0.25) is 0 Å². The summed E-state index contributed by atoms with van der Waals surface area (Å²) < 4.78 is 23.6. The van der Waals surface area contributed by atoms with E-state index in [0.717, 1.165) is 37.4 Å². The van der Waals surface area contributed by atoms with E-state index >= 15 is 0 Å². The van der Waals surface area contributed by atoms with Crippen LogP contribution in [0.5, 0.6) is 17.4 Å². The molecule has 2 aromatic carbocycles. The van der Waals surface area contributed by atoms with Crippen molar-refractivity contribution in [2.45, 2.75) is 20.1 Å². The highest BCUT2D eigenvalue weighted by Crippen LogP contribution is 2.44. The monoisotopic (exact) mass is 530 g/mol. The van der Waals surface area contributed by atoms with Crippen LogP contribution >= 0.6 is 11.3 Å². The van der Waals surface area contributed by atoms with Gasteiger partial charge in [-0.15, -0.1) is 11.3 Å². The van der Waals surface area contributed by atoms with Gasteiger partial charge in [0.25, 0.3) is 6.29 Å². The topological polar surface area (TPSA) is 122 Å². The molecule has 38 heavy (non-hydrogen) atoms. The Labute approximate surface area is 221 Å². The third-order valence-electron chi connectivity index (χ3n) is 5.97. The molecule has 0 fully saturated rings. The highest BCUT2D eigenvalue weighted by atomic mass is 32.1. The van der Waals surface area contributed by atoms with Crippen molar-refractivity contribution in [1.82, 2.24) is 24.9 Å². The molecular formula is C26H22N6O5S. The summed E-state index contributed by atoms with van der Waals surface area (Å²) in [7, 11) is 3.14. The number of anilines is 1. The van der Waals surface area contributed by atoms with Crippen LogP contribution in [0, 0.1) is 13.8 Å². The molecule has 0 radical (unpaired) electrons. The minimum atomic E-state index is -0.917. The van der Waals surface area contributed by atoms with E-state index in [9.17, 15) is 4.79 Å². The number of ether oxygens (including phenoxy) is 4. The Kier molecular flexibility index (Phi) is 5.87. The molecule has 0 saturated carbocycles. The first-order valence-corrected chi connectivity index (χ1v) is 12.5. The Hall–Kier alpha value is -4.58. The molecule has 6 rings (SSSR count). The van der Waals surface area contributed by atoms with Crippen LogP contribution in [0.4, 0.5) is 10.5 Å². The lowest BCUT2D eigenvalue weighted by molar-refractivity contribution is -0.0717. The van der Waals surface area contributed by atoms with Crippen molar-refractivity contribution in [2.24, 2.45) is 0 Å². The van der Waals surface area contributed by atoms with E-state index in [0.29, 0.717) is 28.9 Å². The average molecular weight is 531 g/mol. The fourth-order valence-electron chi connectivity index (χ4n) is 4.04. The summed E-state index contributed by atoms with van der Waals surface area (Å²) in [6.07, 6.45) is 3.17. The van der Waals surface area contributed by atoms with E-state index in [1.807, 2.05) is 25.1 Å². The molecule has 0 aliphatic carbocycles. The summed E-state index contributed by atoms with van der Waals surface area (Å²) in [6.45, 7) is 3.80. The molecule has 1 amide bonds. The minimum Gasteiger partial charge on any atom is -0.480 e. The molecule has 0 N–H and O–H groups in total. The Morgan fingerprint density at radius 2 is 1.89 bits per heavy atom. The Bertz CT molecular complexity index is 1690. The van der Waals surface area contributed by atoms with Crippen molar-refractivity contribution < 1.29 is 23.7 Å². The molecule has 1 aliphatic rings. The van der Waals surface area contributed by atoms with Crippen molar-refractivity contribution in [1.29, 1.82) is 0 Å². The zero-order valence-corrected chi connectivity index (χ0v) is 21.8. The van der Waals surface area contributed by atoms with Gasteiger partial charge in [-0.05, 0) is 43.7 Å². The van der Waals surface area contributed by atoms with Gasteiger partial charge in [0.1, 0.15) is 15.5 Å². The third-order valence-corrected chi connectivity index (χ3v) is 7.07. The fourth-order valence-corrected chi connectivity index (χ4v) is 5.12. The van der Waals surface area contributed by atoms with Gasteiger partial charge in [-0.1, -0.05) is 0 Å². The van der Waals surface area contributed by atoms with Crippen molar-refractivity contribution in [3.63, 3.8) is 0 Å². The molecule has 5 aromatic rings. The second kappa shape index (κ2) is 9.38. The number of hydrogen-bond donors (Lipinski definition) is 0. The second-order valence-electron chi connectivity index (χ2n) is 8.64. The summed E-state index contributed by atoms with van der Waals surface area (Å²) in [6, 6.07) is 7.61. The normalized spacial score (nSPS) is 14.5. The first-order chi connectivity index (χ1) is 18.4. The summed E-state index contributed by atoms with van der Waals surface area (Å²) in [5.41, 5.74) is 4.63. The standard InChI is InChI=1S/C26H22N6O5S/c1-13-7-16(22-18(8-13)30-20(34-4)11-29-22)25-31-17-5-6-19-23(24(17)38-25)35-12-21(36-19)37-26(33)32(3)15-9-27-14(2)28-10-15/h5-11,21H,12H2,1-4H3/t21-/m1/s1. The number of aryl methyl sites for hydroxylation is 2. The number of benzene rings is 2. The van der Waals surface area contributed by atoms with Crippen LogP contribution in [0.15, 0.2) is 42.9 Å². The van der Waals surface area contributed by atoms with E-state index < -0.39 is 12.4 Å². The molecule has 0 unspecified atom stereocenters. The van der Waals surface area contributed by atoms with Crippen LogP contribution in [0.3, 0.4) is 0 Å². The number of methoxy groups -OCH3 is 1. The SMILES string of the molecule is COc1cnc2c(-c3nc4ccc5c(c4s3)OC[C@@H](OC(=O)N(C)c3cnc(C)nc3)O5)cc(C)cc2n1. The second-order valence-corrected chi connectivity index (χ2v) is 9.64. The number of aromatic nitrogens is 5. The highest BCUT2D eigenvalue weighted by Gasteiger charge is 2.29. The van der Waals surface area contributed by atoms with Gasteiger partial charge < -0.3 is 18.9 Å². The van der Waals surface area contributed by atoms with Crippen molar-refractivity contribution in [2.75, 3.05) is 25.7 Å². The maximum absolute atomic E-state index is 12.6. The molecule has 12 heteroatoms. The number of thiazole rings is 1. The number of nitrogens with zero attached hydrogens (tertiary/aromatic N) is 6. The smallest absolute Gasteiger partial charge is 0.417 e. The van der Waals surface area contributed by atoms with Gasteiger partial charge in [-0.25, -0.2) is 29.7 Å². The zero-order chi connectivity index (χ0) is 26.4. The maximum atomic E-state index is 12.6. The summed E-state index contributed by atoms with van der Waals surface area (Å²) in [5.74, 6) is 2.09. The lowest BCUT2D eigenvalue weighted by Gasteiger charge is -2.27. The lowest BCUT2D eigenvalue weighted by Crippen LogP contribution is -2.38. The molecule has 0 bridgehead atoms. The van der Waals surface area contributed by atoms with Crippen molar-refractivity contribution in [3.8, 4) is 28.0 Å². The van der Waals surface area contributed by atoms with Crippen LogP contribution in [0.25, 0.3) is 31.8 Å². The Morgan fingerprint density at radius 1 is 1.08 bits per heavy atom. The van der Waals surface area contributed by atoms with Crippen LogP contribution in [-0.2, 0) is 4.74 Å². The van der Waals surface area contributed by atoms with Gasteiger partial charge in [-0.3, -0.25) is 4.90 Å². The van der Waals surface area contributed by atoms with E-state index in [2.05, 4.69) is 19.9 Å². The van der Waals surface area contributed by atoms with E-state index in [4.69, 9.17) is 23.9 Å². The van der Waals surface area contributed by atoms with Gasteiger partial charge in [0.15, 0.2) is 18.1 Å². The number of fused-ring (bicyclic) bond motifs is 4. The predicted octanol–water partition coefficient (Wildman–Crippen LogP) is 4.69. The third kappa shape index (κ3) is 4.28. The molecular weight excluding hydrogens is 508 g/mol. The quantitative estimate of drug-likeness (QED) is 0.323. The van der Waals surface area contributed by atoms with Crippen LogP contribution in [0.1, 0.15) is 11.4 Å². The molecule has 0 saturated heterocycles. The largest absolute Gasteiger partial charge is 0.480 e. The van der Waals surface area contributed by atoms with Crippen molar-refractivity contribution in [3.05, 3.63) is 54.2 Å². The first kappa shape index (κ1) is 23.8. The minimum absolute atomic E-state index is 0.0297. The maximum Gasteiger partial charge on any atom is 0.417 e. The van der Waals surface area contributed by atoms with Gasteiger partial charge in [0, 0.05) is 12.6 Å². The fraction of sp³-hybridized carbons (Fsp3) is 0.231. The molecule has 11 nitrogen and oxygen atoms in total. The Morgan fingerprint density at radius 3 is 2.68 bits per heavy atom. The molecule has 1 atom stereocenters. The molecule has 1 aliphatic heterocycles. The number of amides is 1. The summed E-state index contributed by atoms with van der Waals surface area (Å²) >= 11 is 1.47. The predicted molar refractivity (Wildman–Crippen MR) is 141 cm³/mol. The van der Waals surface area contributed by atoms with Gasteiger partial charge in [-0.2, -0.15) is 0 Å². The first-order valence-electron chi connectivity index (χ1n) is 11.7. The summed E-state index contributed by atoms with van der Waals surface area (Å²) in [4.78, 5) is 36.1. The lowest BCUT2D eigenvalue weighted by atomic mass is 10.1. The van der Waals surface area contributed by atoms with Gasteiger partial charge in [0.05, 0.1) is 47.9 Å². The number of carbonyl (C=O) groups is 1. The van der Waals surface area contributed by atoms with Crippen molar-refractivity contribution >= 4 is 44.4 Å². The Balaban J connectivity index is 1.27. The van der Waals surface area contributed by atoms with E-state index in [1.54, 1.807) is 45.7 Å². The van der Waals surface area contributed by atoms with E-state index in [1.165, 1.54) is 16.2 Å². The van der Waals surface area contributed by atoms with Crippen LogP contribution < -0.4 is 19.1 Å². The number of carbonyl (C=O) groups excluding carboxylic acids is 1. The van der Waals surface area contributed by atoms with Gasteiger partial charge >= 0.3 is 6.09 Å². The average Bonchev–Trinajstić information content (AvgIpc) is 3.37. The zero-order valence-electron chi connectivity index (χ0n) is 21.0. The summed E-state index contributed by atoms with van der Waals surface area (Å²) in [5, 5.41) is 0.778. The van der Waals surface area contributed by atoms with Crippen LogP contribution in [-0.4, -0.2) is 58.1 Å². The van der Waals surface area contributed by atoms with E-state index in [-0.39, 0.29) is 6.61 Å². The molecule has 192 valence electrons. The molecule has 0 spiro atoms. The van der Waals surface area contributed by atoms with Gasteiger partial charge in [0.2, 0.25) is 5.88 Å².